The van der Waals surface area contributed by atoms with E-state index in [9.17, 15) is 5.21 Å². The molecule has 0 fully saturated rings. The van der Waals surface area contributed by atoms with E-state index in [0.717, 1.165) is 11.0 Å². The Morgan fingerprint density at radius 1 is 1.14 bits per heavy atom. The number of imidazole rings is 1. The maximum Gasteiger partial charge on any atom is 0.155 e. The van der Waals surface area contributed by atoms with Crippen molar-refractivity contribution >= 4 is 16.6 Å². The van der Waals surface area contributed by atoms with Crippen LogP contribution < -0.4 is 5.36 Å². The van der Waals surface area contributed by atoms with Gasteiger partial charge in [0.15, 0.2) is 5.76 Å². The number of aromatic nitrogens is 3. The largest absolute Gasteiger partial charge is 0.454 e. The van der Waals surface area contributed by atoms with Crippen molar-refractivity contribution in [2.45, 2.75) is 0 Å². The van der Waals surface area contributed by atoms with E-state index >= 15 is 0 Å². The minimum atomic E-state index is 0.442. The van der Waals surface area contributed by atoms with Crippen LogP contribution in [0.1, 0.15) is 0 Å². The summed E-state index contributed by atoms with van der Waals surface area (Å²) < 4.78 is 7.65. The molecule has 21 heavy (non-hydrogen) atoms. The Labute approximate surface area is 118 Å². The summed E-state index contributed by atoms with van der Waals surface area (Å²) in [6, 6.07) is 10.9. The van der Waals surface area contributed by atoms with Gasteiger partial charge >= 0.3 is 0 Å². The quantitative estimate of drug-likeness (QED) is 0.428. The molecule has 102 valence electrons. The van der Waals surface area contributed by atoms with Crippen molar-refractivity contribution in [2.24, 2.45) is 5.16 Å². The fraction of sp³-hybridized carbons (Fsp3) is 0. The maximum atomic E-state index is 9.19. The second-order valence-corrected chi connectivity index (χ2v) is 4.56. The third kappa shape index (κ3) is 1.85. The Balaban J connectivity index is 2.01. The number of nitrogens with zero attached hydrogens (tertiary/aromatic N) is 4. The fourth-order valence-corrected chi connectivity index (χ4v) is 2.28. The van der Waals surface area contributed by atoms with Crippen LogP contribution in [0.3, 0.4) is 0 Å². The van der Waals surface area contributed by atoms with Crippen LogP contribution in [-0.4, -0.2) is 19.6 Å². The average molecular weight is 278 g/mol. The van der Waals surface area contributed by atoms with Gasteiger partial charge in [0.25, 0.3) is 0 Å². The van der Waals surface area contributed by atoms with Crippen LogP contribution in [0.2, 0.25) is 0 Å². The number of para-hydroxylation sites is 1. The van der Waals surface area contributed by atoms with Crippen molar-refractivity contribution in [3.8, 4) is 11.5 Å². The van der Waals surface area contributed by atoms with Gasteiger partial charge < -0.3 is 9.62 Å². The number of fused-ring (bicyclic) bond motifs is 2. The fourth-order valence-electron chi connectivity index (χ4n) is 2.28. The zero-order valence-electron chi connectivity index (χ0n) is 10.8. The summed E-state index contributed by atoms with van der Waals surface area (Å²) in [4.78, 5) is 8.56. The predicted molar refractivity (Wildman–Crippen MR) is 75.5 cm³/mol. The second-order valence-electron chi connectivity index (χ2n) is 4.56. The topological polar surface area (TPSA) is 75.9 Å². The molecule has 0 saturated carbocycles. The molecule has 0 aliphatic heterocycles. The highest BCUT2D eigenvalue weighted by molar-refractivity contribution is 5.78. The van der Waals surface area contributed by atoms with Crippen molar-refractivity contribution in [3.63, 3.8) is 0 Å². The SMILES string of the molecule is O/N=c1\cc(-c2cc3nccn3cn2)oc2ccccc12. The monoisotopic (exact) mass is 278 g/mol. The summed E-state index contributed by atoms with van der Waals surface area (Å²) >= 11 is 0. The molecule has 0 radical (unpaired) electrons. The molecule has 6 heteroatoms. The van der Waals surface area contributed by atoms with Gasteiger partial charge in [-0.25, -0.2) is 9.97 Å². The van der Waals surface area contributed by atoms with Gasteiger partial charge in [-0.15, -0.1) is 0 Å². The lowest BCUT2D eigenvalue weighted by Gasteiger charge is -2.03. The first-order chi connectivity index (χ1) is 10.3. The minimum Gasteiger partial charge on any atom is -0.454 e. The zero-order valence-corrected chi connectivity index (χ0v) is 10.8. The molecule has 0 atom stereocenters. The first kappa shape index (κ1) is 11.7. The van der Waals surface area contributed by atoms with Crippen molar-refractivity contribution in [3.05, 3.63) is 60.5 Å². The molecule has 3 heterocycles. The first-order valence-corrected chi connectivity index (χ1v) is 6.35. The van der Waals surface area contributed by atoms with Crippen LogP contribution in [0.5, 0.6) is 0 Å². The standard InChI is InChI=1S/C15H10N4O2/c20-18-11-7-14(21-13-4-2-1-3-10(11)13)12-8-15-16-5-6-19(15)9-17-12/h1-9,20H/b18-11+. The number of benzene rings is 1. The van der Waals surface area contributed by atoms with Crippen molar-refractivity contribution < 1.29 is 9.62 Å². The molecule has 0 bridgehead atoms. The molecule has 4 rings (SSSR count). The number of rotatable bonds is 1. The maximum absolute atomic E-state index is 9.19. The molecule has 0 unspecified atom stereocenters. The van der Waals surface area contributed by atoms with Gasteiger partial charge in [-0.1, -0.05) is 17.3 Å². The Bertz CT molecular complexity index is 1020. The lowest BCUT2D eigenvalue weighted by molar-refractivity contribution is 0.302. The highest BCUT2D eigenvalue weighted by atomic mass is 16.4. The molecule has 0 aliphatic rings. The zero-order chi connectivity index (χ0) is 14.2. The van der Waals surface area contributed by atoms with Crippen LogP contribution in [-0.2, 0) is 0 Å². The highest BCUT2D eigenvalue weighted by Crippen LogP contribution is 2.21. The molecule has 3 aromatic heterocycles. The Kier molecular flexibility index (Phi) is 2.47. The number of hydrogen-bond donors (Lipinski definition) is 1. The van der Waals surface area contributed by atoms with Crippen LogP contribution >= 0.6 is 0 Å². The van der Waals surface area contributed by atoms with Crippen molar-refractivity contribution in [1.29, 1.82) is 0 Å². The number of hydrogen-bond acceptors (Lipinski definition) is 5. The van der Waals surface area contributed by atoms with Gasteiger partial charge in [-0.3, -0.25) is 4.40 Å². The van der Waals surface area contributed by atoms with Crippen LogP contribution in [0.25, 0.3) is 28.1 Å². The Hall–Kier alpha value is -3.15. The van der Waals surface area contributed by atoms with E-state index in [-0.39, 0.29) is 0 Å². The summed E-state index contributed by atoms with van der Waals surface area (Å²) in [5.41, 5.74) is 2.03. The van der Waals surface area contributed by atoms with E-state index in [0.29, 0.717) is 22.4 Å². The predicted octanol–water partition coefficient (Wildman–Crippen LogP) is 2.43. The van der Waals surface area contributed by atoms with E-state index in [1.54, 1.807) is 18.6 Å². The van der Waals surface area contributed by atoms with Crippen molar-refractivity contribution in [2.75, 3.05) is 0 Å². The summed E-state index contributed by atoms with van der Waals surface area (Å²) in [5, 5.41) is 13.7. The van der Waals surface area contributed by atoms with Gasteiger partial charge in [0.05, 0.1) is 0 Å². The molecule has 0 spiro atoms. The van der Waals surface area contributed by atoms with E-state index in [2.05, 4.69) is 15.1 Å². The van der Waals surface area contributed by atoms with Gasteiger partial charge in [0.2, 0.25) is 0 Å². The Morgan fingerprint density at radius 2 is 2.05 bits per heavy atom. The molecule has 4 aromatic rings. The molecular weight excluding hydrogens is 268 g/mol. The molecule has 0 saturated heterocycles. The second kappa shape index (κ2) is 4.45. The van der Waals surface area contributed by atoms with E-state index in [1.165, 1.54) is 0 Å². The van der Waals surface area contributed by atoms with E-state index in [1.807, 2.05) is 40.9 Å². The molecule has 1 aromatic carbocycles. The lowest BCUT2D eigenvalue weighted by atomic mass is 10.2. The van der Waals surface area contributed by atoms with Crippen LogP contribution in [0, 0.1) is 0 Å². The first-order valence-electron chi connectivity index (χ1n) is 6.35. The van der Waals surface area contributed by atoms with Gasteiger partial charge in [0.1, 0.15) is 28.6 Å². The smallest absolute Gasteiger partial charge is 0.155 e. The minimum absolute atomic E-state index is 0.442. The van der Waals surface area contributed by atoms with Crippen molar-refractivity contribution in [1.82, 2.24) is 14.4 Å². The molecule has 0 amide bonds. The van der Waals surface area contributed by atoms with E-state index < -0.39 is 0 Å². The van der Waals surface area contributed by atoms with E-state index in [4.69, 9.17) is 4.42 Å². The molecular formula is C15H10N4O2. The Morgan fingerprint density at radius 3 is 2.95 bits per heavy atom. The normalized spacial score (nSPS) is 12.3. The summed E-state index contributed by atoms with van der Waals surface area (Å²) in [6.45, 7) is 0. The summed E-state index contributed by atoms with van der Waals surface area (Å²) in [5.74, 6) is 0.520. The van der Waals surface area contributed by atoms with Gasteiger partial charge in [0, 0.05) is 29.9 Å². The van der Waals surface area contributed by atoms with Gasteiger partial charge in [-0.05, 0) is 12.1 Å². The highest BCUT2D eigenvalue weighted by Gasteiger charge is 2.08. The third-order valence-corrected chi connectivity index (χ3v) is 3.30. The van der Waals surface area contributed by atoms with Gasteiger partial charge in [-0.2, -0.15) is 0 Å². The third-order valence-electron chi connectivity index (χ3n) is 3.30. The summed E-state index contributed by atoms with van der Waals surface area (Å²) in [6.07, 6.45) is 5.18. The van der Waals surface area contributed by atoms with Crippen LogP contribution in [0.4, 0.5) is 0 Å². The summed E-state index contributed by atoms with van der Waals surface area (Å²) in [7, 11) is 0. The van der Waals surface area contributed by atoms with Crippen LogP contribution in [0.15, 0.2) is 64.7 Å². The average Bonchev–Trinajstić information content (AvgIpc) is 3.01. The lowest BCUT2D eigenvalue weighted by Crippen LogP contribution is -2.03. The molecule has 6 nitrogen and oxygen atoms in total. The molecule has 0 aliphatic carbocycles. The molecule has 1 N–H and O–H groups in total.